The van der Waals surface area contributed by atoms with Crippen molar-refractivity contribution in [3.8, 4) is 78.0 Å². The minimum atomic E-state index is 0.626. The lowest BCUT2D eigenvalue weighted by Gasteiger charge is -2.15. The zero-order valence-electron chi connectivity index (χ0n) is 34.1. The van der Waals surface area contributed by atoms with E-state index in [1.165, 1.54) is 58.4 Å². The zero-order chi connectivity index (χ0) is 41.7. The van der Waals surface area contributed by atoms with Crippen molar-refractivity contribution in [3.63, 3.8) is 0 Å². The molecular weight excluding hydrogens is 783 g/mol. The lowest BCUT2D eigenvalue weighted by molar-refractivity contribution is 1.07. The predicted octanol–water partition coefficient (Wildman–Crippen LogP) is 16.2. The molecule has 10 aromatic carbocycles. The molecule has 0 aliphatic heterocycles. The van der Waals surface area contributed by atoms with E-state index in [4.69, 9.17) is 15.0 Å². The molecule has 0 aliphatic carbocycles. The summed E-state index contributed by atoms with van der Waals surface area (Å²) in [6, 6.07) is 80.0. The maximum Gasteiger partial charge on any atom is 0.164 e. The third-order valence-corrected chi connectivity index (χ3v) is 13.3. The number of hydrogen-bond acceptors (Lipinski definition) is 4. The van der Waals surface area contributed by atoms with Gasteiger partial charge < -0.3 is 0 Å². The largest absolute Gasteiger partial charge is 0.208 e. The van der Waals surface area contributed by atoms with E-state index in [9.17, 15) is 0 Å². The maximum absolute atomic E-state index is 5.26. The van der Waals surface area contributed by atoms with Gasteiger partial charge in [-0.25, -0.2) is 15.0 Å². The lowest BCUT2D eigenvalue weighted by atomic mass is 9.89. The van der Waals surface area contributed by atoms with Crippen molar-refractivity contribution in [2.75, 3.05) is 0 Å². The molecule has 12 rings (SSSR count). The van der Waals surface area contributed by atoms with Crippen molar-refractivity contribution in [2.45, 2.75) is 0 Å². The summed E-state index contributed by atoms with van der Waals surface area (Å²) in [7, 11) is 0. The second-order valence-electron chi connectivity index (χ2n) is 15.9. The number of benzene rings is 10. The van der Waals surface area contributed by atoms with Gasteiger partial charge in [0.1, 0.15) is 0 Å². The number of fused-ring (bicyclic) bond motifs is 5. The fraction of sp³-hybridized carbons (Fsp3) is 0. The van der Waals surface area contributed by atoms with E-state index >= 15 is 0 Å². The molecule has 0 N–H and O–H groups in total. The molecule has 0 unspecified atom stereocenters. The molecule has 4 heteroatoms. The SMILES string of the molecule is c1ccc(-c2ccccc2-c2nc(-c3ccc(-c4ccc(-c5c6ccccc6cc6c5ccc5ccccc56)cc4)cc3)nc(-c3ccccc3-c3cc4ccccc4s3)n2)cc1. The summed E-state index contributed by atoms with van der Waals surface area (Å²) in [5.74, 6) is 1.90. The Kier molecular flexibility index (Phi) is 9.02. The first kappa shape index (κ1) is 36.8. The van der Waals surface area contributed by atoms with Crippen molar-refractivity contribution in [1.29, 1.82) is 0 Å². The molecule has 0 fully saturated rings. The minimum absolute atomic E-state index is 0.626. The average Bonchev–Trinajstić information content (AvgIpc) is 3.80. The van der Waals surface area contributed by atoms with Gasteiger partial charge in [0.05, 0.1) is 0 Å². The monoisotopic (exact) mass is 819 g/mol. The molecule has 12 aromatic rings. The topological polar surface area (TPSA) is 38.7 Å². The van der Waals surface area contributed by atoms with Gasteiger partial charge in [-0.2, -0.15) is 0 Å². The predicted molar refractivity (Wildman–Crippen MR) is 266 cm³/mol. The van der Waals surface area contributed by atoms with Crippen LogP contribution >= 0.6 is 11.3 Å². The van der Waals surface area contributed by atoms with Crippen LogP contribution in [0.1, 0.15) is 0 Å². The molecule has 0 bridgehead atoms. The van der Waals surface area contributed by atoms with Crippen LogP contribution in [0.3, 0.4) is 0 Å². The Morgan fingerprint density at radius 3 is 1.51 bits per heavy atom. The maximum atomic E-state index is 5.26. The normalized spacial score (nSPS) is 11.5. The first-order valence-corrected chi connectivity index (χ1v) is 22.1. The highest BCUT2D eigenvalue weighted by atomic mass is 32.1. The average molecular weight is 820 g/mol. The standard InChI is InChI=1S/C59H37N3S/c1-2-14-40(15-3-1)46-19-9-11-23-51(46)58-60-57(61-59(62-58)52-24-12-10-22-49(52)55-37-45-18-6-13-25-54(45)63-55)43-32-28-39(29-33-43)38-26-30-42(31-27-38)56-48-21-8-5-17-44(48)36-53-47-20-7-4-16-41(47)34-35-50(53)56/h1-37H. The van der Waals surface area contributed by atoms with Crippen LogP contribution in [0, 0.1) is 0 Å². The quantitative estimate of drug-likeness (QED) is 0.119. The van der Waals surface area contributed by atoms with Gasteiger partial charge in [0.25, 0.3) is 0 Å². The summed E-state index contributed by atoms with van der Waals surface area (Å²) in [5, 5.41) is 8.79. The number of rotatable bonds is 7. The minimum Gasteiger partial charge on any atom is -0.208 e. The van der Waals surface area contributed by atoms with Crippen LogP contribution in [0.5, 0.6) is 0 Å². The highest BCUT2D eigenvalue weighted by Crippen LogP contribution is 2.42. The van der Waals surface area contributed by atoms with Gasteiger partial charge in [-0.1, -0.05) is 206 Å². The van der Waals surface area contributed by atoms with Gasteiger partial charge in [-0.05, 0) is 89.3 Å². The van der Waals surface area contributed by atoms with Crippen LogP contribution in [-0.2, 0) is 0 Å². The van der Waals surface area contributed by atoms with Crippen molar-refractivity contribution < 1.29 is 0 Å². The first-order valence-electron chi connectivity index (χ1n) is 21.3. The third-order valence-electron chi connectivity index (χ3n) is 12.2. The number of hydrogen-bond donors (Lipinski definition) is 0. The molecule has 0 saturated heterocycles. The van der Waals surface area contributed by atoms with E-state index in [2.05, 4.69) is 218 Å². The van der Waals surface area contributed by atoms with Crippen molar-refractivity contribution in [1.82, 2.24) is 15.0 Å². The van der Waals surface area contributed by atoms with E-state index in [0.717, 1.165) is 44.5 Å². The van der Waals surface area contributed by atoms with E-state index in [1.54, 1.807) is 11.3 Å². The van der Waals surface area contributed by atoms with Gasteiger partial charge >= 0.3 is 0 Å². The lowest BCUT2D eigenvalue weighted by Crippen LogP contribution is -2.01. The van der Waals surface area contributed by atoms with E-state index < -0.39 is 0 Å². The molecule has 63 heavy (non-hydrogen) atoms. The van der Waals surface area contributed by atoms with Gasteiger partial charge in [-0.15, -0.1) is 11.3 Å². The number of thiophene rings is 1. The highest BCUT2D eigenvalue weighted by molar-refractivity contribution is 7.22. The smallest absolute Gasteiger partial charge is 0.164 e. The molecule has 0 radical (unpaired) electrons. The first-order chi connectivity index (χ1) is 31.2. The van der Waals surface area contributed by atoms with E-state index in [0.29, 0.717) is 17.5 Å². The fourth-order valence-electron chi connectivity index (χ4n) is 9.07. The van der Waals surface area contributed by atoms with Crippen LogP contribution in [0.15, 0.2) is 224 Å². The molecule has 2 aromatic heterocycles. The molecule has 0 atom stereocenters. The molecule has 0 amide bonds. The zero-order valence-corrected chi connectivity index (χ0v) is 34.9. The third kappa shape index (κ3) is 6.65. The van der Waals surface area contributed by atoms with Gasteiger partial charge in [-0.3, -0.25) is 0 Å². The molecule has 0 aliphatic rings. The Hall–Kier alpha value is -8.05. The molecule has 294 valence electrons. The van der Waals surface area contributed by atoms with Crippen LogP contribution in [0.4, 0.5) is 0 Å². The summed E-state index contributed by atoms with van der Waals surface area (Å²) < 4.78 is 1.25. The summed E-state index contributed by atoms with van der Waals surface area (Å²) in [6.45, 7) is 0. The Bertz CT molecular complexity index is 3630. The second kappa shape index (κ2) is 15.4. The van der Waals surface area contributed by atoms with E-state index in [1.807, 2.05) is 6.07 Å². The van der Waals surface area contributed by atoms with Crippen LogP contribution < -0.4 is 0 Å². The Morgan fingerprint density at radius 2 is 0.794 bits per heavy atom. The van der Waals surface area contributed by atoms with Crippen molar-refractivity contribution in [3.05, 3.63) is 224 Å². The fourth-order valence-corrected chi connectivity index (χ4v) is 10.2. The van der Waals surface area contributed by atoms with Crippen LogP contribution in [0.25, 0.3) is 120 Å². The Balaban J connectivity index is 0.950. The van der Waals surface area contributed by atoms with Crippen molar-refractivity contribution in [2.24, 2.45) is 0 Å². The van der Waals surface area contributed by atoms with Gasteiger partial charge in [0, 0.05) is 31.8 Å². The van der Waals surface area contributed by atoms with Crippen molar-refractivity contribution >= 4 is 53.7 Å². The molecule has 0 saturated carbocycles. The van der Waals surface area contributed by atoms with E-state index in [-0.39, 0.29) is 0 Å². The molecule has 2 heterocycles. The number of nitrogens with zero attached hydrogens (tertiary/aromatic N) is 3. The number of aromatic nitrogens is 3. The molecule has 3 nitrogen and oxygen atoms in total. The van der Waals surface area contributed by atoms with Gasteiger partial charge in [0.15, 0.2) is 17.5 Å². The summed E-state index contributed by atoms with van der Waals surface area (Å²) in [6.07, 6.45) is 0. The Morgan fingerprint density at radius 1 is 0.270 bits per heavy atom. The summed E-state index contributed by atoms with van der Waals surface area (Å²) >= 11 is 1.79. The second-order valence-corrected chi connectivity index (χ2v) is 17.0. The Labute approximate surface area is 369 Å². The molecule has 0 spiro atoms. The van der Waals surface area contributed by atoms with Crippen LogP contribution in [0.2, 0.25) is 0 Å². The highest BCUT2D eigenvalue weighted by Gasteiger charge is 2.19. The van der Waals surface area contributed by atoms with Gasteiger partial charge in [0.2, 0.25) is 0 Å². The van der Waals surface area contributed by atoms with Crippen LogP contribution in [-0.4, -0.2) is 15.0 Å². The summed E-state index contributed by atoms with van der Waals surface area (Å²) in [5.41, 5.74) is 10.9. The molecular formula is C59H37N3S. The summed E-state index contributed by atoms with van der Waals surface area (Å²) in [4.78, 5) is 16.9.